The Labute approximate surface area is 178 Å². The molecular formula is C24H41NO3S. The number of hydrogen-bond acceptors (Lipinski definition) is 3. The molecule has 0 fully saturated rings. The lowest BCUT2D eigenvalue weighted by molar-refractivity contribution is -0.113. The quantitative estimate of drug-likeness (QED) is 0.351. The number of hydrogen-bond donors (Lipinski definition) is 1. The normalized spacial score (nSPS) is 12.0. The fraction of sp³-hybridized carbons (Fsp3) is 0.708. The van der Waals surface area contributed by atoms with Crippen LogP contribution in [-0.4, -0.2) is 25.8 Å². The number of rotatable bonds is 14. The molecule has 0 aliphatic heterocycles. The zero-order chi connectivity index (χ0) is 21.9. The van der Waals surface area contributed by atoms with E-state index in [0.29, 0.717) is 6.42 Å². The number of nitrogens with one attached hydrogen (secondary N) is 1. The Morgan fingerprint density at radius 3 is 1.83 bits per heavy atom. The van der Waals surface area contributed by atoms with Crippen molar-refractivity contribution in [2.45, 2.75) is 97.8 Å². The van der Waals surface area contributed by atoms with Gasteiger partial charge in [-0.25, -0.2) is 8.42 Å². The third-order valence-corrected chi connectivity index (χ3v) is 6.91. The number of carbonyl (C=O) groups is 1. The number of anilines is 1. The fourth-order valence-electron chi connectivity index (χ4n) is 3.60. The fourth-order valence-corrected chi connectivity index (χ4v) is 4.86. The summed E-state index contributed by atoms with van der Waals surface area (Å²) >= 11 is 0. The molecule has 5 heteroatoms. The van der Waals surface area contributed by atoms with Crippen molar-refractivity contribution in [2.24, 2.45) is 0 Å². The molecule has 0 unspecified atom stereocenters. The van der Waals surface area contributed by atoms with E-state index in [2.05, 4.69) is 39.9 Å². The zero-order valence-electron chi connectivity index (χ0n) is 19.1. The molecule has 1 N–H and O–H groups in total. The Morgan fingerprint density at radius 2 is 1.34 bits per heavy atom. The van der Waals surface area contributed by atoms with Crippen molar-refractivity contribution in [1.29, 1.82) is 0 Å². The van der Waals surface area contributed by atoms with Crippen molar-refractivity contribution in [3.63, 3.8) is 0 Å². The van der Waals surface area contributed by atoms with Crippen molar-refractivity contribution in [3.8, 4) is 0 Å². The molecular weight excluding hydrogens is 382 g/mol. The number of unbranched alkanes of at least 4 members (excludes halogenated alkanes) is 7. The lowest BCUT2D eigenvalue weighted by Crippen LogP contribution is -2.26. The average molecular weight is 424 g/mol. The van der Waals surface area contributed by atoms with Crippen LogP contribution in [0, 0.1) is 0 Å². The van der Waals surface area contributed by atoms with Gasteiger partial charge in [0.1, 0.15) is 5.75 Å². The summed E-state index contributed by atoms with van der Waals surface area (Å²) in [6.07, 6.45) is 8.82. The second-order valence-electron chi connectivity index (χ2n) is 8.74. The minimum absolute atomic E-state index is 0.0955. The van der Waals surface area contributed by atoms with Gasteiger partial charge in [0.05, 0.1) is 5.75 Å². The van der Waals surface area contributed by atoms with Crippen LogP contribution in [0.4, 0.5) is 5.69 Å². The van der Waals surface area contributed by atoms with Crippen LogP contribution in [-0.2, 0) is 14.6 Å². The maximum absolute atomic E-state index is 12.5. The summed E-state index contributed by atoms with van der Waals surface area (Å²) in [7, 11) is -3.38. The van der Waals surface area contributed by atoms with Crippen molar-refractivity contribution in [2.75, 3.05) is 16.8 Å². The van der Waals surface area contributed by atoms with Gasteiger partial charge in [-0.15, -0.1) is 0 Å². The highest BCUT2D eigenvalue weighted by atomic mass is 32.2. The first-order valence-corrected chi connectivity index (χ1v) is 13.1. The van der Waals surface area contributed by atoms with Gasteiger partial charge < -0.3 is 5.32 Å². The van der Waals surface area contributed by atoms with Gasteiger partial charge in [-0.3, -0.25) is 4.79 Å². The Kier molecular flexibility index (Phi) is 11.6. The van der Waals surface area contributed by atoms with Gasteiger partial charge in [0.15, 0.2) is 9.84 Å². The average Bonchev–Trinajstić information content (AvgIpc) is 2.63. The molecule has 4 nitrogen and oxygen atoms in total. The second kappa shape index (κ2) is 13.0. The van der Waals surface area contributed by atoms with E-state index in [9.17, 15) is 13.2 Å². The first-order chi connectivity index (χ1) is 13.7. The topological polar surface area (TPSA) is 63.2 Å². The van der Waals surface area contributed by atoms with Crippen LogP contribution in [0.15, 0.2) is 18.2 Å². The summed E-state index contributed by atoms with van der Waals surface area (Å²) in [5, 5.41) is 2.91. The summed E-state index contributed by atoms with van der Waals surface area (Å²) < 4.78 is 24.8. The Hall–Kier alpha value is -1.36. The highest BCUT2D eigenvalue weighted by molar-refractivity contribution is 7.92. The SMILES string of the molecule is CCCCCCCCCCS(=O)(=O)CC(=O)Nc1c(C(C)C)cccc1C(C)C. The number of amides is 1. The van der Waals surface area contributed by atoms with E-state index in [1.54, 1.807) is 0 Å². The van der Waals surface area contributed by atoms with E-state index in [1.807, 2.05) is 18.2 Å². The zero-order valence-corrected chi connectivity index (χ0v) is 19.9. The molecule has 0 bridgehead atoms. The van der Waals surface area contributed by atoms with Crippen molar-refractivity contribution in [3.05, 3.63) is 29.3 Å². The number of carbonyl (C=O) groups excluding carboxylic acids is 1. The van der Waals surface area contributed by atoms with Crippen molar-refractivity contribution in [1.82, 2.24) is 0 Å². The molecule has 1 rings (SSSR count). The van der Waals surface area contributed by atoms with Crippen LogP contribution < -0.4 is 5.32 Å². The van der Waals surface area contributed by atoms with Crippen LogP contribution in [0.3, 0.4) is 0 Å². The van der Waals surface area contributed by atoms with Crippen LogP contribution >= 0.6 is 0 Å². The molecule has 0 spiro atoms. The van der Waals surface area contributed by atoms with Gasteiger partial charge in [-0.05, 0) is 29.4 Å². The molecule has 0 atom stereocenters. The highest BCUT2D eigenvalue weighted by Gasteiger charge is 2.20. The molecule has 0 saturated carbocycles. The second-order valence-corrected chi connectivity index (χ2v) is 10.9. The minimum Gasteiger partial charge on any atom is -0.325 e. The maximum Gasteiger partial charge on any atom is 0.239 e. The summed E-state index contributed by atoms with van der Waals surface area (Å²) in [5.74, 6) is -0.276. The molecule has 166 valence electrons. The standard InChI is InChI=1S/C24H41NO3S/c1-6-7-8-9-10-11-12-13-17-29(27,28)18-23(26)25-24-21(19(2)3)15-14-16-22(24)20(4)5/h14-16,19-20H,6-13,17-18H2,1-5H3,(H,25,26). The minimum atomic E-state index is -3.38. The molecule has 0 aliphatic rings. The predicted octanol–water partition coefficient (Wildman–Crippen LogP) is 6.43. The smallest absolute Gasteiger partial charge is 0.239 e. The van der Waals surface area contributed by atoms with Crippen LogP contribution in [0.1, 0.15) is 109 Å². The summed E-state index contributed by atoms with van der Waals surface area (Å²) in [5.41, 5.74) is 2.87. The van der Waals surface area contributed by atoms with Crippen LogP contribution in [0.2, 0.25) is 0 Å². The molecule has 0 saturated heterocycles. The van der Waals surface area contributed by atoms with Gasteiger partial charge in [-0.2, -0.15) is 0 Å². The van der Waals surface area contributed by atoms with Crippen molar-refractivity contribution >= 4 is 21.4 Å². The molecule has 0 aliphatic carbocycles. The molecule has 1 aromatic rings. The monoisotopic (exact) mass is 423 g/mol. The van der Waals surface area contributed by atoms with Gasteiger partial charge in [0, 0.05) is 5.69 Å². The largest absolute Gasteiger partial charge is 0.325 e. The van der Waals surface area contributed by atoms with E-state index in [0.717, 1.165) is 29.7 Å². The number of para-hydroxylation sites is 1. The first-order valence-electron chi connectivity index (χ1n) is 11.3. The van der Waals surface area contributed by atoms with E-state index in [1.165, 1.54) is 32.1 Å². The number of benzene rings is 1. The third-order valence-electron chi connectivity index (χ3n) is 5.30. The number of sulfone groups is 1. The lowest BCUT2D eigenvalue weighted by atomic mass is 9.92. The van der Waals surface area contributed by atoms with Crippen LogP contribution in [0.5, 0.6) is 0 Å². The maximum atomic E-state index is 12.5. The van der Waals surface area contributed by atoms with Gasteiger partial charge in [0.25, 0.3) is 0 Å². The van der Waals surface area contributed by atoms with Gasteiger partial charge >= 0.3 is 0 Å². The van der Waals surface area contributed by atoms with Gasteiger partial charge in [0.2, 0.25) is 5.91 Å². The van der Waals surface area contributed by atoms with E-state index >= 15 is 0 Å². The summed E-state index contributed by atoms with van der Waals surface area (Å²) in [6.45, 7) is 10.5. The third kappa shape index (κ3) is 9.79. The van der Waals surface area contributed by atoms with E-state index < -0.39 is 21.5 Å². The Balaban J connectivity index is 2.57. The molecule has 1 amide bonds. The van der Waals surface area contributed by atoms with E-state index in [-0.39, 0.29) is 17.6 Å². The molecule has 0 radical (unpaired) electrons. The van der Waals surface area contributed by atoms with Gasteiger partial charge in [-0.1, -0.05) is 97.8 Å². The predicted molar refractivity (Wildman–Crippen MR) is 125 cm³/mol. The molecule has 0 heterocycles. The first kappa shape index (κ1) is 25.7. The van der Waals surface area contributed by atoms with Crippen molar-refractivity contribution < 1.29 is 13.2 Å². The molecule has 29 heavy (non-hydrogen) atoms. The Morgan fingerprint density at radius 1 is 0.862 bits per heavy atom. The molecule has 1 aromatic carbocycles. The lowest BCUT2D eigenvalue weighted by Gasteiger charge is -2.20. The summed E-state index contributed by atoms with van der Waals surface area (Å²) in [6, 6.07) is 6.00. The van der Waals surface area contributed by atoms with E-state index in [4.69, 9.17) is 0 Å². The summed E-state index contributed by atoms with van der Waals surface area (Å²) in [4.78, 5) is 12.5. The molecule has 0 aromatic heterocycles. The highest BCUT2D eigenvalue weighted by Crippen LogP contribution is 2.32. The Bertz CT molecular complexity index is 697. The van der Waals surface area contributed by atoms with Crippen LogP contribution in [0.25, 0.3) is 0 Å².